The third-order valence-electron chi connectivity index (χ3n) is 4.60. The summed E-state index contributed by atoms with van der Waals surface area (Å²) in [6.45, 7) is 0.357. The number of carbonyl (C=O) groups is 1. The Labute approximate surface area is 166 Å². The van der Waals surface area contributed by atoms with E-state index in [4.69, 9.17) is 4.74 Å². The van der Waals surface area contributed by atoms with Gasteiger partial charge in [0, 0.05) is 17.4 Å². The van der Waals surface area contributed by atoms with Gasteiger partial charge in [-0.3, -0.25) is 4.79 Å². The first kappa shape index (κ1) is 18.2. The highest BCUT2D eigenvalue weighted by Crippen LogP contribution is 2.29. The highest BCUT2D eigenvalue weighted by Gasteiger charge is 2.11. The van der Waals surface area contributed by atoms with E-state index in [9.17, 15) is 4.79 Å². The van der Waals surface area contributed by atoms with Gasteiger partial charge in [0.05, 0.1) is 25.5 Å². The predicted octanol–water partition coefficient (Wildman–Crippen LogP) is 3.74. The number of amides is 1. The lowest BCUT2D eigenvalue weighted by atomic mass is 9.99. The molecule has 0 unspecified atom stereocenters. The molecule has 0 saturated carbocycles. The van der Waals surface area contributed by atoms with Crippen molar-refractivity contribution in [1.29, 1.82) is 0 Å². The van der Waals surface area contributed by atoms with E-state index in [2.05, 4.69) is 27.8 Å². The number of methoxy groups -OCH3 is 1. The molecule has 0 aliphatic heterocycles. The summed E-state index contributed by atoms with van der Waals surface area (Å²) in [5, 5.41) is 17.4. The van der Waals surface area contributed by atoms with Gasteiger partial charge in [0.2, 0.25) is 5.91 Å². The van der Waals surface area contributed by atoms with Crippen LogP contribution in [0.3, 0.4) is 0 Å². The van der Waals surface area contributed by atoms with Crippen LogP contribution in [0.4, 0.5) is 0 Å². The van der Waals surface area contributed by atoms with Gasteiger partial charge < -0.3 is 10.1 Å². The number of ether oxygens (including phenoxy) is 1. The zero-order valence-electron chi connectivity index (χ0n) is 15.5. The highest BCUT2D eigenvalue weighted by molar-refractivity contribution is 7.08. The zero-order chi connectivity index (χ0) is 19.3. The second-order valence-electron chi connectivity index (χ2n) is 6.38. The van der Waals surface area contributed by atoms with Crippen molar-refractivity contribution in [3.63, 3.8) is 0 Å². The summed E-state index contributed by atoms with van der Waals surface area (Å²) in [4.78, 5) is 12.4. The Morgan fingerprint density at radius 1 is 1.21 bits per heavy atom. The number of carbonyl (C=O) groups excluding carboxylic acids is 1. The van der Waals surface area contributed by atoms with Crippen molar-refractivity contribution >= 4 is 28.0 Å². The first-order valence-corrected chi connectivity index (χ1v) is 9.94. The third-order valence-corrected chi connectivity index (χ3v) is 5.27. The summed E-state index contributed by atoms with van der Waals surface area (Å²) < 4.78 is 7.21. The molecule has 0 bridgehead atoms. The van der Waals surface area contributed by atoms with Crippen LogP contribution >= 0.6 is 11.3 Å². The number of aromatic nitrogens is 3. The van der Waals surface area contributed by atoms with Crippen LogP contribution in [0, 0.1) is 0 Å². The van der Waals surface area contributed by atoms with E-state index in [1.165, 1.54) is 0 Å². The molecule has 4 rings (SSSR count). The zero-order valence-corrected chi connectivity index (χ0v) is 16.3. The number of nitrogens with zero attached hydrogens (tertiary/aromatic N) is 3. The molecule has 0 aliphatic rings. The van der Waals surface area contributed by atoms with E-state index in [1.54, 1.807) is 23.1 Å². The van der Waals surface area contributed by atoms with E-state index in [1.807, 2.05) is 47.3 Å². The molecule has 0 atom stereocenters. The van der Waals surface area contributed by atoms with Crippen molar-refractivity contribution in [1.82, 2.24) is 20.3 Å². The molecule has 142 valence electrons. The minimum absolute atomic E-state index is 0.0277. The molecule has 0 spiro atoms. The number of hydrogen-bond donors (Lipinski definition) is 1. The van der Waals surface area contributed by atoms with Crippen molar-refractivity contribution in [2.45, 2.75) is 19.4 Å². The molecule has 2 aromatic carbocycles. The highest BCUT2D eigenvalue weighted by atomic mass is 32.1. The number of thiophene rings is 1. The normalized spacial score (nSPS) is 10.9. The minimum Gasteiger partial charge on any atom is -0.496 e. The molecule has 0 radical (unpaired) electrons. The first-order valence-electron chi connectivity index (χ1n) is 8.99. The standard InChI is InChI=1S/C21H20N4O2S/c1-27-20-8-6-15-4-2-3-5-18(15)19(20)7-9-21(26)22-12-16-13-25(24-23-16)17-10-11-28-14-17/h2-6,8,10-11,13-14H,7,9,12H2,1H3,(H,22,26). The molecule has 28 heavy (non-hydrogen) atoms. The quantitative estimate of drug-likeness (QED) is 0.520. The molecule has 4 aromatic rings. The monoisotopic (exact) mass is 392 g/mol. The van der Waals surface area contributed by atoms with Crippen LogP contribution in [-0.4, -0.2) is 28.0 Å². The van der Waals surface area contributed by atoms with Crippen molar-refractivity contribution in [2.75, 3.05) is 7.11 Å². The van der Waals surface area contributed by atoms with E-state index in [-0.39, 0.29) is 5.91 Å². The molecule has 2 heterocycles. The third kappa shape index (κ3) is 3.89. The Hall–Kier alpha value is -3.19. The van der Waals surface area contributed by atoms with Crippen molar-refractivity contribution in [2.24, 2.45) is 0 Å². The molecule has 0 aliphatic carbocycles. The average molecular weight is 392 g/mol. The summed E-state index contributed by atoms with van der Waals surface area (Å²) >= 11 is 1.60. The SMILES string of the molecule is COc1ccc2ccccc2c1CCC(=O)NCc1cn(-c2ccsc2)nn1. The van der Waals surface area contributed by atoms with Crippen LogP contribution in [0.15, 0.2) is 59.4 Å². The van der Waals surface area contributed by atoms with Crippen LogP contribution < -0.4 is 10.1 Å². The summed E-state index contributed by atoms with van der Waals surface area (Å²) in [5.74, 6) is 0.783. The summed E-state index contributed by atoms with van der Waals surface area (Å²) in [6.07, 6.45) is 2.82. The first-order chi connectivity index (χ1) is 13.7. The van der Waals surface area contributed by atoms with E-state index in [0.717, 1.165) is 33.5 Å². The Morgan fingerprint density at radius 3 is 2.93 bits per heavy atom. The molecule has 0 saturated heterocycles. The predicted molar refractivity (Wildman–Crippen MR) is 110 cm³/mol. The van der Waals surface area contributed by atoms with Crippen LogP contribution in [0.1, 0.15) is 17.7 Å². The van der Waals surface area contributed by atoms with Gasteiger partial charge in [-0.2, -0.15) is 11.3 Å². The van der Waals surface area contributed by atoms with Gasteiger partial charge in [-0.05, 0) is 34.7 Å². The maximum Gasteiger partial charge on any atom is 0.220 e. The molecule has 2 aromatic heterocycles. The van der Waals surface area contributed by atoms with Gasteiger partial charge in [0.1, 0.15) is 11.4 Å². The molecule has 1 amide bonds. The van der Waals surface area contributed by atoms with Crippen molar-refractivity contribution < 1.29 is 9.53 Å². The molecule has 6 nitrogen and oxygen atoms in total. The molecule has 0 fully saturated rings. The number of benzene rings is 2. The van der Waals surface area contributed by atoms with E-state index < -0.39 is 0 Å². The number of aryl methyl sites for hydroxylation is 1. The minimum atomic E-state index is -0.0277. The number of nitrogens with one attached hydrogen (secondary N) is 1. The Morgan fingerprint density at radius 2 is 2.11 bits per heavy atom. The van der Waals surface area contributed by atoms with Crippen LogP contribution in [0.25, 0.3) is 16.5 Å². The van der Waals surface area contributed by atoms with E-state index >= 15 is 0 Å². The summed E-state index contributed by atoms with van der Waals surface area (Å²) in [5.41, 5.74) is 2.75. The molecular formula is C21H20N4O2S. The Bertz CT molecular complexity index is 1090. The lowest BCUT2D eigenvalue weighted by Gasteiger charge is -2.12. The van der Waals surface area contributed by atoms with Gasteiger partial charge in [-0.25, -0.2) is 4.68 Å². The fourth-order valence-electron chi connectivity index (χ4n) is 3.17. The molecular weight excluding hydrogens is 372 g/mol. The van der Waals surface area contributed by atoms with Gasteiger partial charge in [0.15, 0.2) is 0 Å². The maximum absolute atomic E-state index is 12.4. The Balaban J connectivity index is 1.38. The largest absolute Gasteiger partial charge is 0.496 e. The summed E-state index contributed by atoms with van der Waals surface area (Å²) in [7, 11) is 1.66. The lowest BCUT2D eigenvalue weighted by molar-refractivity contribution is -0.121. The van der Waals surface area contributed by atoms with Crippen LogP contribution in [0.2, 0.25) is 0 Å². The van der Waals surface area contributed by atoms with Gasteiger partial charge in [-0.15, -0.1) is 5.10 Å². The van der Waals surface area contributed by atoms with Gasteiger partial charge in [0.25, 0.3) is 0 Å². The van der Waals surface area contributed by atoms with E-state index in [0.29, 0.717) is 19.4 Å². The van der Waals surface area contributed by atoms with Crippen LogP contribution in [-0.2, 0) is 17.8 Å². The molecule has 7 heteroatoms. The fraction of sp³-hybridized carbons (Fsp3) is 0.190. The second-order valence-corrected chi connectivity index (χ2v) is 7.16. The van der Waals surface area contributed by atoms with Crippen molar-refractivity contribution in [3.8, 4) is 11.4 Å². The number of rotatable bonds is 7. The van der Waals surface area contributed by atoms with Crippen LogP contribution in [0.5, 0.6) is 5.75 Å². The van der Waals surface area contributed by atoms with Gasteiger partial charge in [-0.1, -0.05) is 35.5 Å². The van der Waals surface area contributed by atoms with Gasteiger partial charge >= 0.3 is 0 Å². The second kappa shape index (κ2) is 8.22. The average Bonchev–Trinajstić information content (AvgIpc) is 3.42. The number of fused-ring (bicyclic) bond motifs is 1. The summed E-state index contributed by atoms with van der Waals surface area (Å²) in [6, 6.07) is 14.1. The number of hydrogen-bond acceptors (Lipinski definition) is 5. The lowest BCUT2D eigenvalue weighted by Crippen LogP contribution is -2.23. The molecule has 1 N–H and O–H groups in total. The topological polar surface area (TPSA) is 69.0 Å². The smallest absolute Gasteiger partial charge is 0.220 e. The van der Waals surface area contributed by atoms with Crippen molar-refractivity contribution in [3.05, 3.63) is 70.7 Å². The fourth-order valence-corrected chi connectivity index (χ4v) is 3.80. The Kier molecular flexibility index (Phi) is 5.34. The maximum atomic E-state index is 12.4.